The first-order valence-electron chi connectivity index (χ1n) is 11.9. The molecule has 4 aliphatic carbocycles. The largest absolute Gasteiger partial charge is 0.393 e. The topological polar surface area (TPSA) is 37.3 Å². The maximum Gasteiger partial charge on any atom is 0.155 e. The molecule has 0 aromatic rings. The fourth-order valence-electron chi connectivity index (χ4n) is 4.60. The smallest absolute Gasteiger partial charge is 0.155 e. The summed E-state index contributed by atoms with van der Waals surface area (Å²) in [5.74, 6) is -4.52. The first-order valence-corrected chi connectivity index (χ1v) is 7.41. The highest BCUT2D eigenvalue weighted by Crippen LogP contribution is 2.61. The van der Waals surface area contributed by atoms with Gasteiger partial charge in [-0.2, -0.15) is 0 Å². The van der Waals surface area contributed by atoms with Gasteiger partial charge in [-0.3, -0.25) is 4.79 Å². The number of carbonyl (C=O) groups excluding carboxylic acids is 1. The first kappa shape index (κ1) is 6.64. The quantitative estimate of drug-likeness (QED) is 0.739. The Balaban J connectivity index is 1.87. The van der Waals surface area contributed by atoms with Crippen molar-refractivity contribution in [3.63, 3.8) is 0 Å². The molecule has 0 unspecified atom stereocenters. The van der Waals surface area contributed by atoms with E-state index in [0.29, 0.717) is 0 Å². The zero-order valence-electron chi connectivity index (χ0n) is 20.6. The number of carbonyl (C=O) groups is 1. The first-order chi connectivity index (χ1) is 12.9. The second-order valence-corrected chi connectivity index (χ2v) is 6.65. The lowest BCUT2D eigenvalue weighted by atomic mass is 9.52. The van der Waals surface area contributed by atoms with Crippen LogP contribution < -0.4 is 0 Å². The van der Waals surface area contributed by atoms with Crippen LogP contribution in [0.3, 0.4) is 0 Å². The number of hydrogen-bond acceptors (Lipinski definition) is 2. The molecule has 0 amide bonds. The van der Waals surface area contributed by atoms with Crippen molar-refractivity contribution >= 4 is 5.78 Å². The fourth-order valence-corrected chi connectivity index (χ4v) is 4.60. The monoisotopic (exact) mass is 283 g/mol. The van der Waals surface area contributed by atoms with E-state index in [4.69, 9.17) is 12.3 Å². The highest BCUT2D eigenvalue weighted by molar-refractivity contribution is 5.91. The van der Waals surface area contributed by atoms with Gasteiger partial charge in [0.25, 0.3) is 0 Å². The van der Waals surface area contributed by atoms with E-state index in [-0.39, 0.29) is 31.3 Å². The molecule has 6 atom stereocenters. The molecule has 0 heterocycles. The van der Waals surface area contributed by atoms with Crippen LogP contribution in [0.5, 0.6) is 0 Å². The molecule has 0 bridgehead atoms. The number of hydrogen-bond donors (Lipinski definition) is 1. The zero-order chi connectivity index (χ0) is 22.0. The molecule has 3 saturated carbocycles. The zero-order valence-corrected chi connectivity index (χ0v) is 11.6. The molecule has 2 nitrogen and oxygen atoms in total. The average Bonchev–Trinajstić information content (AvgIpc) is 2.68. The number of rotatable bonds is 0. The summed E-state index contributed by atoms with van der Waals surface area (Å²) in [4.78, 5) is 12.3. The van der Waals surface area contributed by atoms with Crippen LogP contribution in [0.15, 0.2) is 11.6 Å². The molecule has 4 aliphatic rings. The normalized spacial score (nSPS) is 73.0. The predicted molar refractivity (Wildman–Crippen MR) is 78.1 cm³/mol. The Morgan fingerprint density at radius 2 is 2.20 bits per heavy atom. The molecule has 0 saturated heterocycles. The molecule has 3 fully saturated rings. The van der Waals surface area contributed by atoms with E-state index in [1.54, 1.807) is 6.92 Å². The van der Waals surface area contributed by atoms with Gasteiger partial charge in [0.1, 0.15) is 0 Å². The minimum atomic E-state index is -2.43. The van der Waals surface area contributed by atoms with Crippen molar-refractivity contribution in [1.29, 1.82) is 0 Å². The van der Waals surface area contributed by atoms with Gasteiger partial charge in [-0.15, -0.1) is 0 Å². The van der Waals surface area contributed by atoms with Gasteiger partial charge >= 0.3 is 0 Å². The Hall–Kier alpha value is -0.630. The van der Waals surface area contributed by atoms with Crippen molar-refractivity contribution in [3.05, 3.63) is 11.6 Å². The SMILES string of the molecule is [2H]C1=C2C([2H])([2H])C[C@@H]3[C@H](CC[C@@]4(C)[C@H]3CC([2H])([2H])[C@@]4([2H])O)[C@@]2([2H])CC([2H])([2H])C1=O. The van der Waals surface area contributed by atoms with Crippen LogP contribution in [0.2, 0.25) is 0 Å². The van der Waals surface area contributed by atoms with Crippen molar-refractivity contribution in [2.45, 2.75) is 64.2 Å². The van der Waals surface area contributed by atoms with E-state index in [9.17, 15) is 9.90 Å². The summed E-state index contributed by atoms with van der Waals surface area (Å²) in [6, 6.07) is -0.744. The summed E-state index contributed by atoms with van der Waals surface area (Å²) in [6.07, 6.45) is -9.38. The second kappa shape index (κ2) is 4.43. The average molecular weight is 283 g/mol. The molecule has 20 heavy (non-hydrogen) atoms. The van der Waals surface area contributed by atoms with Crippen molar-refractivity contribution in [2.24, 2.45) is 29.1 Å². The lowest BCUT2D eigenvalue weighted by Crippen LogP contribution is -2.47. The standard InChI is InChI=1S/C18H26O2/c1-18-9-8-14-13-5-3-12(19)10-11(13)2-4-15(14)16(18)6-7-17(18)20/h10,13-17,20H,2-9H2,1H3/t13-,14+,15+,16-,17+,18-/m0/s1/i2D2,3D2,7D2,10D,13D,17D. The maximum absolute atomic E-state index is 12.3. The molecule has 110 valence electrons. The van der Waals surface area contributed by atoms with Crippen LogP contribution in [0.25, 0.3) is 0 Å². The van der Waals surface area contributed by atoms with Crippen molar-refractivity contribution in [2.75, 3.05) is 0 Å². The van der Waals surface area contributed by atoms with E-state index >= 15 is 0 Å². The molecule has 2 heteroatoms. The van der Waals surface area contributed by atoms with Gasteiger partial charge in [0.05, 0.1) is 8.82 Å². The van der Waals surface area contributed by atoms with Crippen molar-refractivity contribution in [1.82, 2.24) is 0 Å². The molecular weight excluding hydrogens is 248 g/mol. The fraction of sp³-hybridized carbons (Fsp3) is 0.833. The van der Waals surface area contributed by atoms with Gasteiger partial charge in [-0.1, -0.05) is 12.5 Å². The Bertz CT molecular complexity index is 820. The highest BCUT2D eigenvalue weighted by Gasteiger charge is 2.55. The van der Waals surface area contributed by atoms with Gasteiger partial charge in [-0.25, -0.2) is 0 Å². The molecule has 0 radical (unpaired) electrons. The maximum atomic E-state index is 12.3. The summed E-state index contributed by atoms with van der Waals surface area (Å²) in [7, 11) is 0. The summed E-state index contributed by atoms with van der Waals surface area (Å²) in [5, 5.41) is 10.8. The van der Waals surface area contributed by atoms with Crippen LogP contribution in [-0.4, -0.2) is 17.0 Å². The highest BCUT2D eigenvalue weighted by atomic mass is 16.3. The molecule has 0 spiro atoms. The molecule has 0 aromatic heterocycles. The van der Waals surface area contributed by atoms with Gasteiger partial charge in [0.2, 0.25) is 0 Å². The number of aliphatic hydroxyl groups is 1. The molecule has 0 aliphatic heterocycles. The van der Waals surface area contributed by atoms with E-state index < -0.39 is 72.5 Å². The van der Waals surface area contributed by atoms with Gasteiger partial charge in [0, 0.05) is 16.0 Å². The number of ketones is 1. The summed E-state index contributed by atoms with van der Waals surface area (Å²) >= 11 is 0. The van der Waals surface area contributed by atoms with E-state index in [0.717, 1.165) is 0 Å². The van der Waals surface area contributed by atoms with Crippen molar-refractivity contribution < 1.29 is 22.2 Å². The van der Waals surface area contributed by atoms with E-state index in [2.05, 4.69) is 0 Å². The lowest BCUT2D eigenvalue weighted by Gasteiger charge is -2.53. The van der Waals surface area contributed by atoms with Crippen LogP contribution >= 0.6 is 0 Å². The van der Waals surface area contributed by atoms with Crippen LogP contribution in [0, 0.1) is 29.1 Å². The Morgan fingerprint density at radius 3 is 3.05 bits per heavy atom. The van der Waals surface area contributed by atoms with E-state index in [1.807, 2.05) is 0 Å². The Kier molecular flexibility index (Phi) is 1.47. The summed E-state index contributed by atoms with van der Waals surface area (Å²) in [5.41, 5.74) is -1.37. The number of allylic oxidation sites excluding steroid dienone is 1. The van der Waals surface area contributed by atoms with Gasteiger partial charge in [0.15, 0.2) is 5.78 Å². The minimum absolute atomic E-state index is 0.126. The summed E-state index contributed by atoms with van der Waals surface area (Å²) in [6.45, 7) is 1.66. The molecule has 0 aromatic carbocycles. The molecular formula is C18H26O2. The Labute approximate surface area is 134 Å². The third kappa shape index (κ3) is 1.70. The van der Waals surface area contributed by atoms with Gasteiger partial charge in [-0.05, 0) is 80.0 Å². The van der Waals surface area contributed by atoms with Crippen LogP contribution in [0.1, 0.15) is 70.5 Å². The predicted octanol–water partition coefficient (Wildman–Crippen LogP) is 3.49. The summed E-state index contributed by atoms with van der Waals surface area (Å²) < 4.78 is 75.3. The van der Waals surface area contributed by atoms with Crippen LogP contribution in [-0.2, 0) is 4.79 Å². The van der Waals surface area contributed by atoms with Crippen molar-refractivity contribution in [3.8, 4) is 0 Å². The van der Waals surface area contributed by atoms with Gasteiger partial charge < -0.3 is 5.11 Å². The van der Waals surface area contributed by atoms with Crippen LogP contribution in [0.4, 0.5) is 0 Å². The lowest BCUT2D eigenvalue weighted by molar-refractivity contribution is -0.116. The number of fused-ring (bicyclic) bond motifs is 5. The molecule has 1 N–H and O–H groups in total. The van der Waals surface area contributed by atoms with E-state index in [1.165, 1.54) is 0 Å². The second-order valence-electron chi connectivity index (χ2n) is 6.65. The molecule has 4 rings (SSSR count). The minimum Gasteiger partial charge on any atom is -0.393 e. The Morgan fingerprint density at radius 1 is 1.35 bits per heavy atom. The third-order valence-electron chi connectivity index (χ3n) is 5.82. The third-order valence-corrected chi connectivity index (χ3v) is 5.82.